The molecule has 0 spiro atoms. The molecule has 1 N–H and O–H groups in total. The average Bonchev–Trinajstić information content (AvgIpc) is 2.13. The standard InChI is InChI=1S/C6H12OS2/c1-4-5(2)9-6(3-7)8-4/h4-7H,3H2,1-2H3. The van der Waals surface area contributed by atoms with Gasteiger partial charge in [-0.05, 0) is 0 Å². The van der Waals surface area contributed by atoms with Crippen LogP contribution in [0.3, 0.4) is 0 Å². The monoisotopic (exact) mass is 164 g/mol. The van der Waals surface area contributed by atoms with Gasteiger partial charge in [-0.15, -0.1) is 23.5 Å². The van der Waals surface area contributed by atoms with Crippen LogP contribution >= 0.6 is 23.5 Å². The van der Waals surface area contributed by atoms with Gasteiger partial charge in [0.25, 0.3) is 0 Å². The molecule has 3 heteroatoms. The first-order valence-corrected chi connectivity index (χ1v) is 5.04. The topological polar surface area (TPSA) is 20.2 Å². The van der Waals surface area contributed by atoms with Crippen LogP contribution in [0.5, 0.6) is 0 Å². The van der Waals surface area contributed by atoms with E-state index in [1.165, 1.54) is 0 Å². The van der Waals surface area contributed by atoms with Gasteiger partial charge >= 0.3 is 0 Å². The minimum Gasteiger partial charge on any atom is -0.394 e. The molecular weight excluding hydrogens is 152 g/mol. The van der Waals surface area contributed by atoms with Crippen molar-refractivity contribution < 1.29 is 5.11 Å². The Morgan fingerprint density at radius 1 is 1.22 bits per heavy atom. The third-order valence-corrected chi connectivity index (χ3v) is 4.96. The summed E-state index contributed by atoms with van der Waals surface area (Å²) in [5.41, 5.74) is 0. The highest BCUT2D eigenvalue weighted by Crippen LogP contribution is 2.42. The van der Waals surface area contributed by atoms with E-state index in [0.717, 1.165) is 0 Å². The summed E-state index contributed by atoms with van der Waals surface area (Å²) in [7, 11) is 0. The van der Waals surface area contributed by atoms with Crippen molar-refractivity contribution in [3.8, 4) is 0 Å². The van der Waals surface area contributed by atoms with Crippen molar-refractivity contribution in [2.24, 2.45) is 0 Å². The second kappa shape index (κ2) is 3.17. The molecule has 9 heavy (non-hydrogen) atoms. The predicted octanol–water partition coefficient (Wildman–Crippen LogP) is 1.56. The molecule has 1 fully saturated rings. The minimum atomic E-state index is 0.323. The number of aliphatic hydroxyl groups excluding tert-OH is 1. The van der Waals surface area contributed by atoms with Gasteiger partial charge in [0.15, 0.2) is 0 Å². The van der Waals surface area contributed by atoms with Crippen LogP contribution in [0.4, 0.5) is 0 Å². The molecule has 1 nitrogen and oxygen atoms in total. The summed E-state index contributed by atoms with van der Waals surface area (Å²) in [6.45, 7) is 4.76. The predicted molar refractivity (Wildman–Crippen MR) is 45.0 cm³/mol. The Labute approximate surface area is 64.6 Å². The number of rotatable bonds is 1. The molecule has 0 amide bonds. The number of hydrogen-bond acceptors (Lipinski definition) is 3. The fourth-order valence-electron chi connectivity index (χ4n) is 0.818. The van der Waals surface area contributed by atoms with Gasteiger partial charge < -0.3 is 5.11 Å². The molecule has 1 aliphatic rings. The van der Waals surface area contributed by atoms with Crippen LogP contribution in [0.15, 0.2) is 0 Å². The molecule has 2 atom stereocenters. The average molecular weight is 164 g/mol. The number of thioether (sulfide) groups is 2. The molecule has 0 aromatic carbocycles. The lowest BCUT2D eigenvalue weighted by Crippen LogP contribution is -2.04. The van der Waals surface area contributed by atoms with Crippen molar-refractivity contribution in [2.75, 3.05) is 6.61 Å². The minimum absolute atomic E-state index is 0.323. The Morgan fingerprint density at radius 3 is 1.89 bits per heavy atom. The highest BCUT2D eigenvalue weighted by Gasteiger charge is 2.28. The smallest absolute Gasteiger partial charge is 0.0739 e. The zero-order valence-electron chi connectivity index (χ0n) is 5.70. The van der Waals surface area contributed by atoms with Crippen molar-refractivity contribution in [1.29, 1.82) is 0 Å². The molecule has 1 heterocycles. The van der Waals surface area contributed by atoms with Crippen LogP contribution in [-0.2, 0) is 0 Å². The number of hydrogen-bond donors (Lipinski definition) is 1. The Hall–Kier alpha value is 0.660. The Balaban J connectivity index is 2.35. The molecule has 54 valence electrons. The highest BCUT2D eigenvalue weighted by atomic mass is 32.2. The van der Waals surface area contributed by atoms with Crippen LogP contribution in [-0.4, -0.2) is 26.8 Å². The van der Waals surface area contributed by atoms with Gasteiger partial charge in [-0.2, -0.15) is 0 Å². The Kier molecular flexibility index (Phi) is 2.73. The van der Waals surface area contributed by atoms with Gasteiger partial charge in [-0.3, -0.25) is 0 Å². The van der Waals surface area contributed by atoms with Gasteiger partial charge in [-0.25, -0.2) is 0 Å². The maximum absolute atomic E-state index is 8.76. The maximum atomic E-state index is 8.76. The SMILES string of the molecule is CC1SC(CO)SC1C. The lowest BCUT2D eigenvalue weighted by molar-refractivity contribution is 0.316. The van der Waals surface area contributed by atoms with Gasteiger partial charge in [0.1, 0.15) is 0 Å². The van der Waals surface area contributed by atoms with E-state index in [0.29, 0.717) is 21.7 Å². The van der Waals surface area contributed by atoms with Crippen molar-refractivity contribution in [2.45, 2.75) is 28.9 Å². The molecule has 0 aromatic rings. The Bertz CT molecular complexity index is 87.1. The summed E-state index contributed by atoms with van der Waals surface area (Å²) in [6, 6.07) is 0. The summed E-state index contributed by atoms with van der Waals surface area (Å²) in [4.78, 5) is 0. The summed E-state index contributed by atoms with van der Waals surface area (Å²) in [6.07, 6.45) is 0. The third-order valence-electron chi connectivity index (χ3n) is 1.54. The zero-order valence-corrected chi connectivity index (χ0v) is 7.34. The van der Waals surface area contributed by atoms with E-state index < -0.39 is 0 Å². The van der Waals surface area contributed by atoms with Crippen LogP contribution in [0, 0.1) is 0 Å². The quantitative estimate of drug-likeness (QED) is 0.635. The van der Waals surface area contributed by atoms with Gasteiger partial charge in [0.05, 0.1) is 11.2 Å². The lowest BCUT2D eigenvalue weighted by Gasteiger charge is -2.02. The van der Waals surface area contributed by atoms with Crippen LogP contribution in [0.25, 0.3) is 0 Å². The largest absolute Gasteiger partial charge is 0.394 e. The van der Waals surface area contributed by atoms with Crippen LogP contribution in [0.2, 0.25) is 0 Å². The second-order valence-electron chi connectivity index (χ2n) is 2.29. The lowest BCUT2D eigenvalue weighted by atomic mass is 10.4. The summed E-state index contributed by atoms with van der Waals surface area (Å²) >= 11 is 3.77. The normalized spacial score (nSPS) is 43.7. The van der Waals surface area contributed by atoms with Crippen LogP contribution in [0.1, 0.15) is 13.8 Å². The van der Waals surface area contributed by atoms with E-state index in [1.807, 2.05) is 23.5 Å². The summed E-state index contributed by atoms with van der Waals surface area (Å²) in [5.74, 6) is 0. The molecule has 2 unspecified atom stereocenters. The first-order valence-electron chi connectivity index (χ1n) is 3.16. The van der Waals surface area contributed by atoms with Gasteiger partial charge in [0, 0.05) is 10.5 Å². The van der Waals surface area contributed by atoms with E-state index in [1.54, 1.807) is 0 Å². The first-order chi connectivity index (χ1) is 4.24. The molecule has 0 saturated carbocycles. The van der Waals surface area contributed by atoms with Crippen LogP contribution < -0.4 is 0 Å². The maximum Gasteiger partial charge on any atom is 0.0739 e. The van der Waals surface area contributed by atoms with Crippen molar-refractivity contribution in [3.63, 3.8) is 0 Å². The summed E-state index contributed by atoms with van der Waals surface area (Å²) < 4.78 is 0.440. The highest BCUT2D eigenvalue weighted by molar-refractivity contribution is 8.20. The molecule has 0 aliphatic carbocycles. The molecule has 0 radical (unpaired) electrons. The molecule has 1 aliphatic heterocycles. The van der Waals surface area contributed by atoms with E-state index in [-0.39, 0.29) is 0 Å². The third kappa shape index (κ3) is 1.79. The molecular formula is C6H12OS2. The van der Waals surface area contributed by atoms with Crippen molar-refractivity contribution in [1.82, 2.24) is 0 Å². The van der Waals surface area contributed by atoms with Gasteiger partial charge in [0.2, 0.25) is 0 Å². The first kappa shape index (κ1) is 7.76. The number of aliphatic hydroxyl groups is 1. The van der Waals surface area contributed by atoms with Crippen molar-refractivity contribution >= 4 is 23.5 Å². The Morgan fingerprint density at radius 2 is 1.67 bits per heavy atom. The fourth-order valence-corrected chi connectivity index (χ4v) is 4.08. The molecule has 1 saturated heterocycles. The molecule has 0 aromatic heterocycles. The van der Waals surface area contributed by atoms with E-state index in [4.69, 9.17) is 5.11 Å². The molecule has 1 rings (SSSR count). The van der Waals surface area contributed by atoms with Gasteiger partial charge in [-0.1, -0.05) is 13.8 Å². The summed E-state index contributed by atoms with van der Waals surface area (Å²) in [5, 5.41) is 10.2. The van der Waals surface area contributed by atoms with E-state index >= 15 is 0 Å². The molecule has 0 bridgehead atoms. The zero-order chi connectivity index (χ0) is 6.85. The van der Waals surface area contributed by atoms with Crippen molar-refractivity contribution in [3.05, 3.63) is 0 Å². The van der Waals surface area contributed by atoms with E-state index in [2.05, 4.69) is 13.8 Å². The fraction of sp³-hybridized carbons (Fsp3) is 1.00. The second-order valence-corrected chi connectivity index (χ2v) is 5.76. The van der Waals surface area contributed by atoms with E-state index in [9.17, 15) is 0 Å².